The number of hydrogen-bond acceptors (Lipinski definition) is 5. The van der Waals surface area contributed by atoms with Crippen molar-refractivity contribution in [3.63, 3.8) is 0 Å². The highest BCUT2D eigenvalue weighted by Gasteiger charge is 2.25. The van der Waals surface area contributed by atoms with Crippen molar-refractivity contribution in [1.82, 2.24) is 4.98 Å². The van der Waals surface area contributed by atoms with Crippen LogP contribution in [0.15, 0.2) is 29.6 Å². The number of nitrogens with zero attached hydrogens (tertiary/aromatic N) is 2. The van der Waals surface area contributed by atoms with Gasteiger partial charge in [0, 0.05) is 28.2 Å². The van der Waals surface area contributed by atoms with Gasteiger partial charge in [-0.2, -0.15) is 5.26 Å². The number of benzene rings is 1. The Morgan fingerprint density at radius 1 is 1.31 bits per heavy atom. The molecule has 134 valence electrons. The van der Waals surface area contributed by atoms with Crippen molar-refractivity contribution in [3.8, 4) is 6.07 Å². The molecule has 1 unspecified atom stereocenters. The van der Waals surface area contributed by atoms with E-state index in [1.807, 2.05) is 12.3 Å². The molecule has 0 bridgehead atoms. The lowest BCUT2D eigenvalue weighted by molar-refractivity contribution is -0.120. The second kappa shape index (κ2) is 8.24. The molecular weight excluding hydrogens is 346 g/mol. The predicted molar refractivity (Wildman–Crippen MR) is 101 cm³/mol. The molecule has 3 rings (SSSR count). The maximum atomic E-state index is 12.8. The Balaban J connectivity index is 1.74. The molecule has 0 saturated heterocycles. The molecule has 1 heterocycles. The number of Topliss-reactive ketones (excluding diaryl/α,β-unsaturated/α-hetero) is 1. The predicted octanol–water partition coefficient (Wildman–Crippen LogP) is 4.46. The highest BCUT2D eigenvalue weighted by molar-refractivity contribution is 7.10. The number of carbonyl (C=O) groups is 2. The van der Waals surface area contributed by atoms with E-state index in [0.717, 1.165) is 31.4 Å². The van der Waals surface area contributed by atoms with Gasteiger partial charge in [-0.1, -0.05) is 31.4 Å². The third-order valence-corrected chi connectivity index (χ3v) is 5.69. The van der Waals surface area contributed by atoms with Crippen LogP contribution in [-0.2, 0) is 4.79 Å². The van der Waals surface area contributed by atoms with E-state index in [0.29, 0.717) is 16.3 Å². The number of rotatable bonds is 5. The molecule has 1 aliphatic carbocycles. The maximum absolute atomic E-state index is 12.8. The zero-order valence-electron chi connectivity index (χ0n) is 14.7. The molecule has 1 saturated carbocycles. The van der Waals surface area contributed by atoms with Gasteiger partial charge in [-0.15, -0.1) is 11.3 Å². The van der Waals surface area contributed by atoms with Crippen LogP contribution in [0.4, 0.5) is 5.69 Å². The number of amides is 1. The molecule has 5 nitrogen and oxygen atoms in total. The summed E-state index contributed by atoms with van der Waals surface area (Å²) in [5, 5.41) is 14.7. The van der Waals surface area contributed by atoms with Crippen molar-refractivity contribution >= 4 is 28.7 Å². The molecule has 1 fully saturated rings. The van der Waals surface area contributed by atoms with Gasteiger partial charge in [0.05, 0.1) is 6.07 Å². The Hall–Kier alpha value is -2.52. The maximum Gasteiger partial charge on any atom is 0.227 e. The molecule has 6 heteroatoms. The van der Waals surface area contributed by atoms with E-state index in [1.54, 1.807) is 24.3 Å². The number of anilines is 1. The molecule has 1 N–H and O–H groups in total. The average molecular weight is 367 g/mol. The highest BCUT2D eigenvalue weighted by atomic mass is 32.1. The van der Waals surface area contributed by atoms with Crippen molar-refractivity contribution in [2.45, 2.75) is 44.9 Å². The number of hydrogen-bond donors (Lipinski definition) is 1. The summed E-state index contributed by atoms with van der Waals surface area (Å²) in [6.07, 6.45) is 5.22. The SMILES string of the molecule is Cc1csc(C(C#N)C(=O)c2cccc(NC(=O)C3CCCCC3)c2)n1. The summed E-state index contributed by atoms with van der Waals surface area (Å²) < 4.78 is 0. The van der Waals surface area contributed by atoms with Gasteiger partial charge in [-0.25, -0.2) is 4.98 Å². The van der Waals surface area contributed by atoms with Crippen molar-refractivity contribution in [1.29, 1.82) is 5.26 Å². The van der Waals surface area contributed by atoms with Crippen molar-refractivity contribution in [3.05, 3.63) is 45.9 Å². The lowest BCUT2D eigenvalue weighted by atomic mass is 9.88. The monoisotopic (exact) mass is 367 g/mol. The van der Waals surface area contributed by atoms with E-state index in [2.05, 4.69) is 16.4 Å². The molecule has 1 aromatic heterocycles. The number of carbonyl (C=O) groups excluding carboxylic acids is 2. The molecule has 2 aromatic rings. The first-order chi connectivity index (χ1) is 12.6. The smallest absolute Gasteiger partial charge is 0.227 e. The number of nitrogens with one attached hydrogen (secondary N) is 1. The average Bonchev–Trinajstić information content (AvgIpc) is 3.09. The van der Waals surface area contributed by atoms with Gasteiger partial charge in [0.15, 0.2) is 11.7 Å². The number of aryl methyl sites for hydroxylation is 1. The second-order valence-electron chi connectivity index (χ2n) is 6.66. The first kappa shape index (κ1) is 18.3. The fourth-order valence-corrected chi connectivity index (χ4v) is 4.09. The van der Waals surface area contributed by atoms with Gasteiger partial charge >= 0.3 is 0 Å². The van der Waals surface area contributed by atoms with Crippen LogP contribution in [-0.4, -0.2) is 16.7 Å². The third kappa shape index (κ3) is 4.17. The highest BCUT2D eigenvalue weighted by Crippen LogP contribution is 2.27. The standard InChI is InChI=1S/C20H21N3O2S/c1-13-12-26-20(22-13)17(11-21)18(24)15-8-5-9-16(10-15)23-19(25)14-6-3-2-4-7-14/h5,8-10,12,14,17H,2-4,6-7H2,1H3,(H,23,25). The Bertz CT molecular complexity index is 847. The Labute approximate surface area is 157 Å². The van der Waals surface area contributed by atoms with Crippen LogP contribution in [0.25, 0.3) is 0 Å². The van der Waals surface area contributed by atoms with Gasteiger partial charge in [-0.05, 0) is 31.9 Å². The third-order valence-electron chi connectivity index (χ3n) is 4.67. The number of ketones is 1. The fraction of sp³-hybridized carbons (Fsp3) is 0.400. The van der Waals surface area contributed by atoms with Gasteiger partial charge in [0.1, 0.15) is 5.01 Å². The Morgan fingerprint density at radius 3 is 2.73 bits per heavy atom. The fourth-order valence-electron chi connectivity index (χ4n) is 3.26. The molecule has 1 atom stereocenters. The van der Waals surface area contributed by atoms with Gasteiger partial charge in [0.25, 0.3) is 0 Å². The summed E-state index contributed by atoms with van der Waals surface area (Å²) >= 11 is 1.31. The molecule has 1 aromatic carbocycles. The van der Waals surface area contributed by atoms with E-state index in [1.165, 1.54) is 17.8 Å². The molecule has 0 spiro atoms. The zero-order valence-corrected chi connectivity index (χ0v) is 15.5. The van der Waals surface area contributed by atoms with Crippen molar-refractivity contribution < 1.29 is 9.59 Å². The molecular formula is C20H21N3O2S. The lowest BCUT2D eigenvalue weighted by Gasteiger charge is -2.20. The molecule has 26 heavy (non-hydrogen) atoms. The van der Waals surface area contributed by atoms with E-state index in [-0.39, 0.29) is 17.6 Å². The topological polar surface area (TPSA) is 82.9 Å². The van der Waals surface area contributed by atoms with Gasteiger partial charge < -0.3 is 5.32 Å². The van der Waals surface area contributed by atoms with Crippen LogP contribution in [0.2, 0.25) is 0 Å². The van der Waals surface area contributed by atoms with E-state index in [9.17, 15) is 14.9 Å². The van der Waals surface area contributed by atoms with Crippen LogP contribution in [0.3, 0.4) is 0 Å². The number of thiazole rings is 1. The second-order valence-corrected chi connectivity index (χ2v) is 7.55. The summed E-state index contributed by atoms with van der Waals surface area (Å²) in [6.45, 7) is 1.83. The van der Waals surface area contributed by atoms with Crippen molar-refractivity contribution in [2.75, 3.05) is 5.32 Å². The number of nitriles is 1. The summed E-state index contributed by atoms with van der Waals surface area (Å²) in [5.74, 6) is -1.15. The van der Waals surface area contributed by atoms with Crippen molar-refractivity contribution in [2.24, 2.45) is 5.92 Å². The summed E-state index contributed by atoms with van der Waals surface area (Å²) in [6, 6.07) is 8.87. The van der Waals surface area contributed by atoms with Crippen LogP contribution < -0.4 is 5.32 Å². The Kier molecular flexibility index (Phi) is 5.79. The van der Waals surface area contributed by atoms with E-state index >= 15 is 0 Å². The minimum absolute atomic E-state index is 0.0154. The van der Waals surface area contributed by atoms with Crippen LogP contribution in [0, 0.1) is 24.2 Å². The summed E-state index contributed by atoms with van der Waals surface area (Å²) in [7, 11) is 0. The zero-order chi connectivity index (χ0) is 18.5. The van der Waals surface area contributed by atoms with Gasteiger partial charge in [-0.3, -0.25) is 9.59 Å². The van der Waals surface area contributed by atoms with Crippen LogP contribution in [0.5, 0.6) is 0 Å². The molecule has 0 radical (unpaired) electrons. The van der Waals surface area contributed by atoms with Crippen LogP contribution in [0.1, 0.15) is 59.1 Å². The first-order valence-corrected chi connectivity index (χ1v) is 9.73. The lowest BCUT2D eigenvalue weighted by Crippen LogP contribution is -2.24. The normalized spacial score (nSPS) is 15.8. The first-order valence-electron chi connectivity index (χ1n) is 8.85. The number of aromatic nitrogens is 1. The minimum atomic E-state index is -0.919. The quantitative estimate of drug-likeness (QED) is 0.791. The Morgan fingerprint density at radius 2 is 2.08 bits per heavy atom. The summed E-state index contributed by atoms with van der Waals surface area (Å²) in [4.78, 5) is 29.4. The van der Waals surface area contributed by atoms with E-state index in [4.69, 9.17) is 0 Å². The van der Waals surface area contributed by atoms with Crippen LogP contribution >= 0.6 is 11.3 Å². The summed E-state index contributed by atoms with van der Waals surface area (Å²) in [5.41, 5.74) is 1.80. The molecule has 1 aliphatic rings. The largest absolute Gasteiger partial charge is 0.326 e. The molecule has 1 amide bonds. The van der Waals surface area contributed by atoms with Gasteiger partial charge in [0.2, 0.25) is 5.91 Å². The molecule has 0 aliphatic heterocycles. The van der Waals surface area contributed by atoms with E-state index < -0.39 is 5.92 Å². The minimum Gasteiger partial charge on any atom is -0.326 e.